The number of benzene rings is 2. The number of halogens is 1. The minimum atomic E-state index is -0.261. The molecule has 98 valence electrons. The van der Waals surface area contributed by atoms with Gasteiger partial charge in [-0.1, -0.05) is 6.07 Å². The third-order valence-corrected chi connectivity index (χ3v) is 3.19. The summed E-state index contributed by atoms with van der Waals surface area (Å²) in [7, 11) is 0. The summed E-state index contributed by atoms with van der Waals surface area (Å²) in [6.07, 6.45) is 1.24. The Morgan fingerprint density at radius 2 is 1.95 bits per heavy atom. The summed E-state index contributed by atoms with van der Waals surface area (Å²) in [5.41, 5.74) is 3.75. The zero-order valence-corrected chi connectivity index (χ0v) is 10.7. The van der Waals surface area contributed by atoms with E-state index in [1.807, 2.05) is 18.2 Å². The molecule has 3 nitrogen and oxygen atoms in total. The van der Waals surface area contributed by atoms with Crippen LogP contribution in [0.3, 0.4) is 0 Å². The van der Waals surface area contributed by atoms with Gasteiger partial charge in [-0.2, -0.15) is 5.26 Å². The Morgan fingerprint density at radius 1 is 1.15 bits per heavy atom. The quantitative estimate of drug-likeness (QED) is 0.782. The molecule has 1 aromatic heterocycles. The van der Waals surface area contributed by atoms with E-state index in [9.17, 15) is 4.39 Å². The van der Waals surface area contributed by atoms with E-state index in [0.717, 1.165) is 34.4 Å². The number of nitrogens with one attached hydrogen (secondary N) is 1. The van der Waals surface area contributed by atoms with Crippen molar-refractivity contribution in [2.75, 3.05) is 0 Å². The molecule has 0 aliphatic carbocycles. The number of rotatable bonds is 3. The number of nitriles is 1. The van der Waals surface area contributed by atoms with Crippen LogP contribution in [0.4, 0.5) is 4.39 Å². The van der Waals surface area contributed by atoms with Gasteiger partial charge in [0, 0.05) is 12.0 Å². The smallest absolute Gasteiger partial charge is 0.138 e. The first-order valence-corrected chi connectivity index (χ1v) is 6.38. The molecule has 0 atom stereocenters. The molecule has 0 spiro atoms. The summed E-state index contributed by atoms with van der Waals surface area (Å²) in [6, 6.07) is 14.3. The number of hydrogen-bond donors (Lipinski definition) is 1. The van der Waals surface area contributed by atoms with Gasteiger partial charge in [-0.3, -0.25) is 0 Å². The zero-order chi connectivity index (χ0) is 13.9. The molecule has 0 saturated carbocycles. The van der Waals surface area contributed by atoms with E-state index < -0.39 is 0 Å². The van der Waals surface area contributed by atoms with E-state index in [0.29, 0.717) is 6.42 Å². The van der Waals surface area contributed by atoms with E-state index in [-0.39, 0.29) is 5.82 Å². The van der Waals surface area contributed by atoms with Crippen LogP contribution >= 0.6 is 0 Å². The Kier molecular flexibility index (Phi) is 3.18. The third-order valence-electron chi connectivity index (χ3n) is 3.19. The fraction of sp³-hybridized carbons (Fsp3) is 0.125. The van der Waals surface area contributed by atoms with Crippen molar-refractivity contribution in [1.29, 1.82) is 5.26 Å². The fourth-order valence-corrected chi connectivity index (χ4v) is 2.16. The maximum atomic E-state index is 12.9. The molecule has 0 aliphatic heterocycles. The van der Waals surface area contributed by atoms with Crippen LogP contribution in [0, 0.1) is 17.1 Å². The first-order valence-electron chi connectivity index (χ1n) is 6.38. The third kappa shape index (κ3) is 2.39. The van der Waals surface area contributed by atoms with E-state index in [1.54, 1.807) is 12.1 Å². The molecule has 1 heterocycles. The number of aromatic nitrogens is 2. The summed E-state index contributed by atoms with van der Waals surface area (Å²) in [6.45, 7) is 0. The second-order valence-electron chi connectivity index (χ2n) is 4.60. The highest BCUT2D eigenvalue weighted by Gasteiger charge is 2.06. The molecule has 2 aromatic carbocycles. The number of hydrogen-bond acceptors (Lipinski definition) is 2. The molecule has 1 N–H and O–H groups in total. The number of nitrogens with zero attached hydrogens (tertiary/aromatic N) is 2. The van der Waals surface area contributed by atoms with Crippen molar-refractivity contribution in [2.45, 2.75) is 12.8 Å². The molecule has 4 heteroatoms. The molecule has 0 fully saturated rings. The molecule has 0 radical (unpaired) electrons. The molecular weight excluding hydrogens is 253 g/mol. The van der Waals surface area contributed by atoms with E-state index in [4.69, 9.17) is 5.26 Å². The molecule has 3 aromatic rings. The lowest BCUT2D eigenvalue weighted by molar-refractivity contribution is 0.628. The molecule has 0 bridgehead atoms. The standard InChI is InChI=1S/C16H12FN3/c17-13-6-4-12(5-7-13)16-19-14-8-3-11(2-1-9-18)10-15(14)20-16/h3-8,10H,1-2H2,(H,19,20). The predicted molar refractivity (Wildman–Crippen MR) is 75.4 cm³/mol. The highest BCUT2D eigenvalue weighted by Crippen LogP contribution is 2.21. The Bertz CT molecular complexity index is 782. The lowest BCUT2D eigenvalue weighted by Crippen LogP contribution is -1.83. The molecule has 0 unspecified atom stereocenters. The van der Waals surface area contributed by atoms with Crippen LogP contribution in [0.5, 0.6) is 0 Å². The molecular formula is C16H12FN3. The fourth-order valence-electron chi connectivity index (χ4n) is 2.16. The van der Waals surface area contributed by atoms with Gasteiger partial charge in [-0.15, -0.1) is 0 Å². The summed E-state index contributed by atoms with van der Waals surface area (Å²) < 4.78 is 12.9. The lowest BCUT2D eigenvalue weighted by atomic mass is 10.1. The number of imidazole rings is 1. The summed E-state index contributed by atoms with van der Waals surface area (Å²) >= 11 is 0. The predicted octanol–water partition coefficient (Wildman–Crippen LogP) is 3.83. The van der Waals surface area contributed by atoms with E-state index in [2.05, 4.69) is 16.0 Å². The normalized spacial score (nSPS) is 10.6. The molecule has 0 saturated heterocycles. The maximum Gasteiger partial charge on any atom is 0.138 e. The molecule has 20 heavy (non-hydrogen) atoms. The van der Waals surface area contributed by atoms with Gasteiger partial charge in [-0.25, -0.2) is 9.37 Å². The average molecular weight is 265 g/mol. The number of H-pyrrole nitrogens is 1. The molecule has 0 amide bonds. The summed E-state index contributed by atoms with van der Waals surface area (Å²) in [5.74, 6) is 0.459. The van der Waals surface area contributed by atoms with Gasteiger partial charge >= 0.3 is 0 Å². The topological polar surface area (TPSA) is 52.5 Å². The van der Waals surface area contributed by atoms with Crippen molar-refractivity contribution >= 4 is 11.0 Å². The van der Waals surface area contributed by atoms with Gasteiger partial charge in [0.15, 0.2) is 0 Å². The summed E-state index contributed by atoms with van der Waals surface area (Å²) in [5, 5.41) is 8.62. The minimum Gasteiger partial charge on any atom is -0.338 e. The van der Waals surface area contributed by atoms with Crippen LogP contribution in [0.25, 0.3) is 22.4 Å². The lowest BCUT2D eigenvalue weighted by Gasteiger charge is -1.96. The van der Waals surface area contributed by atoms with Gasteiger partial charge in [0.2, 0.25) is 0 Å². The van der Waals surface area contributed by atoms with Gasteiger partial charge in [0.25, 0.3) is 0 Å². The van der Waals surface area contributed by atoms with Crippen LogP contribution in [-0.4, -0.2) is 9.97 Å². The second kappa shape index (κ2) is 5.14. The van der Waals surface area contributed by atoms with Crippen molar-refractivity contribution in [3.05, 3.63) is 53.8 Å². The van der Waals surface area contributed by atoms with Crippen LogP contribution in [-0.2, 0) is 6.42 Å². The maximum absolute atomic E-state index is 12.9. The highest BCUT2D eigenvalue weighted by atomic mass is 19.1. The van der Waals surface area contributed by atoms with E-state index in [1.165, 1.54) is 12.1 Å². The Morgan fingerprint density at radius 3 is 2.70 bits per heavy atom. The molecule has 3 rings (SSSR count). The van der Waals surface area contributed by atoms with Crippen molar-refractivity contribution in [2.24, 2.45) is 0 Å². The van der Waals surface area contributed by atoms with Crippen LogP contribution in [0.2, 0.25) is 0 Å². The second-order valence-corrected chi connectivity index (χ2v) is 4.60. The average Bonchev–Trinajstić information content (AvgIpc) is 2.89. The van der Waals surface area contributed by atoms with Gasteiger partial charge in [-0.05, 0) is 48.4 Å². The van der Waals surface area contributed by atoms with E-state index >= 15 is 0 Å². The van der Waals surface area contributed by atoms with Crippen molar-refractivity contribution in [3.8, 4) is 17.5 Å². The van der Waals surface area contributed by atoms with Gasteiger partial charge < -0.3 is 4.98 Å². The monoisotopic (exact) mass is 265 g/mol. The zero-order valence-electron chi connectivity index (χ0n) is 10.7. The Hall–Kier alpha value is -2.67. The van der Waals surface area contributed by atoms with Crippen molar-refractivity contribution in [1.82, 2.24) is 9.97 Å². The van der Waals surface area contributed by atoms with Gasteiger partial charge in [0.05, 0.1) is 17.1 Å². The van der Waals surface area contributed by atoms with Gasteiger partial charge in [0.1, 0.15) is 11.6 Å². The first kappa shape index (κ1) is 12.4. The highest BCUT2D eigenvalue weighted by molar-refractivity contribution is 5.80. The number of fused-ring (bicyclic) bond motifs is 1. The van der Waals surface area contributed by atoms with Crippen molar-refractivity contribution in [3.63, 3.8) is 0 Å². The summed E-state index contributed by atoms with van der Waals surface area (Å²) in [4.78, 5) is 7.72. The first-order chi connectivity index (χ1) is 9.76. The van der Waals surface area contributed by atoms with Crippen LogP contribution in [0.1, 0.15) is 12.0 Å². The Balaban J connectivity index is 1.98. The minimum absolute atomic E-state index is 0.261. The van der Waals surface area contributed by atoms with Crippen molar-refractivity contribution < 1.29 is 4.39 Å². The van der Waals surface area contributed by atoms with Crippen LogP contribution in [0.15, 0.2) is 42.5 Å². The number of aryl methyl sites for hydroxylation is 1. The molecule has 0 aliphatic rings. The number of aromatic amines is 1. The Labute approximate surface area is 115 Å². The van der Waals surface area contributed by atoms with Crippen LogP contribution < -0.4 is 0 Å². The SMILES string of the molecule is N#CCCc1ccc2nc(-c3ccc(F)cc3)[nH]c2c1. The largest absolute Gasteiger partial charge is 0.338 e.